The SMILES string of the molecule is N#CC1CC(O)CN1C(=O)c1ccc(-c2cc(F)cc3c(N4CCC(c5noc(C(F)(F)F)n5)CC4)ncnc23)cc1F. The van der Waals surface area contributed by atoms with Crippen LogP contribution in [0.15, 0.2) is 41.2 Å². The molecule has 0 saturated carbocycles. The molecule has 1 amide bonds. The van der Waals surface area contributed by atoms with Gasteiger partial charge < -0.3 is 19.4 Å². The molecule has 1 N–H and O–H groups in total. The third-order valence-electron chi connectivity index (χ3n) is 7.73. The first-order valence-corrected chi connectivity index (χ1v) is 13.3. The van der Waals surface area contributed by atoms with Crippen LogP contribution in [0.5, 0.6) is 0 Å². The van der Waals surface area contributed by atoms with Crippen molar-refractivity contribution in [2.75, 3.05) is 24.5 Å². The number of β-amino-alcohol motifs (C(OH)–C–C–N with tert-alkyl or cyclic N) is 1. The molecule has 2 aromatic heterocycles. The molecule has 43 heavy (non-hydrogen) atoms. The summed E-state index contributed by atoms with van der Waals surface area (Å²) in [4.78, 5) is 28.1. The molecule has 0 bridgehead atoms. The van der Waals surface area contributed by atoms with Crippen molar-refractivity contribution in [2.45, 2.75) is 43.5 Å². The third kappa shape index (κ3) is 5.34. The van der Waals surface area contributed by atoms with E-state index in [-0.39, 0.29) is 41.4 Å². The number of nitriles is 1. The van der Waals surface area contributed by atoms with Gasteiger partial charge in [-0.25, -0.2) is 18.7 Å². The van der Waals surface area contributed by atoms with Crippen LogP contribution in [0.4, 0.5) is 27.8 Å². The zero-order valence-corrected chi connectivity index (χ0v) is 22.2. The molecule has 2 fully saturated rings. The Balaban J connectivity index is 1.27. The Morgan fingerprint density at radius 3 is 2.56 bits per heavy atom. The molecule has 0 aliphatic carbocycles. The van der Waals surface area contributed by atoms with E-state index < -0.39 is 41.8 Å². The number of hydrogen-bond acceptors (Lipinski definition) is 9. The minimum atomic E-state index is -4.73. The molecule has 2 atom stereocenters. The molecule has 0 radical (unpaired) electrons. The molecule has 0 spiro atoms. The molecule has 4 heterocycles. The van der Waals surface area contributed by atoms with Crippen molar-refractivity contribution in [1.29, 1.82) is 5.26 Å². The number of anilines is 1. The first-order chi connectivity index (χ1) is 20.5. The van der Waals surface area contributed by atoms with E-state index in [0.29, 0.717) is 42.7 Å². The number of amides is 1. The van der Waals surface area contributed by atoms with Gasteiger partial charge in [-0.2, -0.15) is 23.4 Å². The number of carbonyl (C=O) groups excluding carboxylic acids is 1. The van der Waals surface area contributed by atoms with Crippen molar-refractivity contribution in [2.24, 2.45) is 0 Å². The van der Waals surface area contributed by atoms with Crippen LogP contribution in [-0.4, -0.2) is 67.8 Å². The van der Waals surface area contributed by atoms with Gasteiger partial charge in [0.2, 0.25) is 0 Å². The molecule has 4 aromatic rings. The number of halogens is 5. The molecule has 2 unspecified atom stereocenters. The minimum absolute atomic E-state index is 0.0270. The topological polar surface area (TPSA) is 132 Å². The van der Waals surface area contributed by atoms with Gasteiger partial charge in [0, 0.05) is 42.9 Å². The van der Waals surface area contributed by atoms with Crippen LogP contribution in [0.3, 0.4) is 0 Å². The summed E-state index contributed by atoms with van der Waals surface area (Å²) in [6.45, 7) is 0.630. The van der Waals surface area contributed by atoms with Gasteiger partial charge in [0.1, 0.15) is 29.8 Å². The summed E-state index contributed by atoms with van der Waals surface area (Å²) in [6.07, 6.45) is -3.46. The molecule has 222 valence electrons. The van der Waals surface area contributed by atoms with Crippen molar-refractivity contribution in [1.82, 2.24) is 25.0 Å². The summed E-state index contributed by atoms with van der Waals surface area (Å²) in [5, 5.41) is 23.0. The zero-order chi connectivity index (χ0) is 30.5. The zero-order valence-electron chi connectivity index (χ0n) is 22.2. The summed E-state index contributed by atoms with van der Waals surface area (Å²) in [7, 11) is 0. The van der Waals surface area contributed by atoms with Crippen molar-refractivity contribution >= 4 is 22.6 Å². The smallest absolute Gasteiger partial charge is 0.391 e. The van der Waals surface area contributed by atoms with E-state index in [4.69, 9.17) is 0 Å². The molecule has 15 heteroatoms. The summed E-state index contributed by atoms with van der Waals surface area (Å²) in [5.74, 6) is -3.65. The normalized spacial score (nSPS) is 19.7. The highest BCUT2D eigenvalue weighted by molar-refractivity contribution is 6.00. The lowest BCUT2D eigenvalue weighted by molar-refractivity contribution is -0.159. The molecule has 2 aliphatic heterocycles. The number of rotatable bonds is 4. The van der Waals surface area contributed by atoms with E-state index in [1.54, 1.807) is 0 Å². The van der Waals surface area contributed by atoms with Crippen LogP contribution >= 0.6 is 0 Å². The second-order valence-corrected chi connectivity index (χ2v) is 10.5. The van der Waals surface area contributed by atoms with Crippen LogP contribution in [0.25, 0.3) is 22.0 Å². The number of likely N-dealkylation sites (tertiary alicyclic amines) is 1. The van der Waals surface area contributed by atoms with Gasteiger partial charge in [-0.1, -0.05) is 11.2 Å². The average Bonchev–Trinajstić information content (AvgIpc) is 3.63. The highest BCUT2D eigenvalue weighted by Crippen LogP contribution is 2.37. The largest absolute Gasteiger partial charge is 0.471 e. The predicted molar refractivity (Wildman–Crippen MR) is 139 cm³/mol. The van der Waals surface area contributed by atoms with Crippen molar-refractivity contribution in [3.05, 3.63) is 65.6 Å². The van der Waals surface area contributed by atoms with Gasteiger partial charge in [0.05, 0.1) is 23.3 Å². The number of aromatic nitrogens is 4. The Morgan fingerprint density at radius 2 is 1.88 bits per heavy atom. The number of fused-ring (bicyclic) bond motifs is 1. The number of aliphatic hydroxyl groups excluding tert-OH is 1. The number of nitrogens with zero attached hydrogens (tertiary/aromatic N) is 7. The molecule has 10 nitrogen and oxygen atoms in total. The summed E-state index contributed by atoms with van der Waals surface area (Å²) in [5.41, 5.74) is 0.537. The fraction of sp³-hybridized carbons (Fsp3) is 0.357. The van der Waals surface area contributed by atoms with E-state index in [1.807, 2.05) is 11.0 Å². The molecule has 2 aromatic carbocycles. The summed E-state index contributed by atoms with van der Waals surface area (Å²) >= 11 is 0. The van der Waals surface area contributed by atoms with E-state index in [1.165, 1.54) is 30.6 Å². The van der Waals surface area contributed by atoms with E-state index in [2.05, 4.69) is 24.6 Å². The Kier molecular flexibility index (Phi) is 7.17. The van der Waals surface area contributed by atoms with Crippen LogP contribution in [-0.2, 0) is 6.18 Å². The number of alkyl halides is 3. The van der Waals surface area contributed by atoms with E-state index in [9.17, 15) is 32.7 Å². The Bertz CT molecular complexity index is 1750. The Morgan fingerprint density at radius 1 is 1.12 bits per heavy atom. The fourth-order valence-corrected chi connectivity index (χ4v) is 5.63. The van der Waals surface area contributed by atoms with Gasteiger partial charge in [-0.05, 0) is 42.7 Å². The highest BCUT2D eigenvalue weighted by atomic mass is 19.4. The van der Waals surface area contributed by atoms with Gasteiger partial charge in [0.15, 0.2) is 5.82 Å². The van der Waals surface area contributed by atoms with Crippen LogP contribution in [0, 0.1) is 23.0 Å². The van der Waals surface area contributed by atoms with Crippen molar-refractivity contribution in [3.63, 3.8) is 0 Å². The fourth-order valence-electron chi connectivity index (χ4n) is 5.63. The second-order valence-electron chi connectivity index (χ2n) is 10.5. The summed E-state index contributed by atoms with van der Waals surface area (Å²) < 4.78 is 73.2. The molecule has 2 aliphatic rings. The van der Waals surface area contributed by atoms with Gasteiger partial charge in [-0.3, -0.25) is 4.79 Å². The lowest BCUT2D eigenvalue weighted by Gasteiger charge is -2.32. The molecule has 2 saturated heterocycles. The maximum absolute atomic E-state index is 15.3. The Hall–Kier alpha value is -4.71. The first kappa shape index (κ1) is 28.4. The third-order valence-corrected chi connectivity index (χ3v) is 7.73. The lowest BCUT2D eigenvalue weighted by atomic mass is 9.95. The molecule has 6 rings (SSSR count). The van der Waals surface area contributed by atoms with Crippen LogP contribution < -0.4 is 4.90 Å². The van der Waals surface area contributed by atoms with Gasteiger partial charge in [0.25, 0.3) is 5.91 Å². The number of aliphatic hydroxyl groups is 1. The quantitative estimate of drug-likeness (QED) is 0.338. The number of hydrogen-bond donors (Lipinski definition) is 1. The van der Waals surface area contributed by atoms with Crippen LogP contribution in [0.2, 0.25) is 0 Å². The van der Waals surface area contributed by atoms with E-state index in [0.717, 1.165) is 11.0 Å². The summed E-state index contributed by atoms with van der Waals surface area (Å²) in [6, 6.07) is 7.29. The highest BCUT2D eigenvalue weighted by Gasteiger charge is 2.40. The number of piperidine rings is 1. The maximum atomic E-state index is 15.3. The first-order valence-electron chi connectivity index (χ1n) is 13.3. The van der Waals surface area contributed by atoms with Gasteiger partial charge in [-0.15, -0.1) is 0 Å². The Labute approximate surface area is 240 Å². The predicted octanol–water partition coefficient (Wildman–Crippen LogP) is 4.46. The van der Waals surface area contributed by atoms with E-state index >= 15 is 4.39 Å². The standard InChI is InChI=1S/C28H22F5N7O3/c29-16-8-20(15-1-2-19(22(30)7-15)26(42)40-12-18(41)10-17(40)11-34)23-21(9-16)25(36-13-35-23)39-5-3-14(4-6-39)24-37-27(43-38-24)28(31,32)33/h1-2,7-9,13-14,17-18,41H,3-6,10,12H2. The minimum Gasteiger partial charge on any atom is -0.391 e. The monoisotopic (exact) mass is 599 g/mol. The molecular formula is C28H22F5N7O3. The van der Waals surface area contributed by atoms with Crippen molar-refractivity contribution in [3.8, 4) is 17.2 Å². The van der Waals surface area contributed by atoms with Crippen LogP contribution in [0.1, 0.15) is 47.3 Å². The van der Waals surface area contributed by atoms with Crippen molar-refractivity contribution < 1.29 is 36.4 Å². The maximum Gasteiger partial charge on any atom is 0.471 e. The van der Waals surface area contributed by atoms with Gasteiger partial charge >= 0.3 is 12.1 Å². The molecular weight excluding hydrogens is 577 g/mol. The second kappa shape index (κ2) is 10.8. The average molecular weight is 600 g/mol. The number of carbonyl (C=O) groups is 1. The lowest BCUT2D eigenvalue weighted by Crippen LogP contribution is -2.35. The number of benzene rings is 2.